The summed E-state index contributed by atoms with van der Waals surface area (Å²) in [7, 11) is -4.04. The Hall–Kier alpha value is -2.68. The lowest BCUT2D eigenvalue weighted by Crippen LogP contribution is -2.37. The van der Waals surface area contributed by atoms with Crippen molar-refractivity contribution in [3.8, 4) is 11.1 Å². The molecule has 0 spiro atoms. The van der Waals surface area contributed by atoms with Crippen LogP contribution in [0, 0.1) is 0 Å². The third-order valence-corrected chi connectivity index (χ3v) is 7.05. The normalized spacial score (nSPS) is 17.5. The Morgan fingerprint density at radius 2 is 1.59 bits per heavy atom. The second-order valence-corrected chi connectivity index (χ2v) is 9.64. The first-order valence-electron chi connectivity index (χ1n) is 10.3. The summed E-state index contributed by atoms with van der Waals surface area (Å²) in [5.41, 5.74) is 2.41. The molecule has 1 heterocycles. The fourth-order valence-corrected chi connectivity index (χ4v) is 5.20. The molecule has 8 heteroatoms. The molecule has 0 saturated carbocycles. The Labute approximate surface area is 185 Å². The lowest BCUT2D eigenvalue weighted by molar-refractivity contribution is -0.137. The van der Waals surface area contributed by atoms with Crippen LogP contribution in [0.2, 0.25) is 0 Å². The van der Waals surface area contributed by atoms with Gasteiger partial charge in [-0.05, 0) is 41.3 Å². The van der Waals surface area contributed by atoms with Gasteiger partial charge in [0.1, 0.15) is 0 Å². The highest BCUT2D eigenvalue weighted by Gasteiger charge is 2.33. The summed E-state index contributed by atoms with van der Waals surface area (Å²) < 4.78 is 66.5. The van der Waals surface area contributed by atoms with Gasteiger partial charge in [0.2, 0.25) is 10.0 Å². The molecule has 0 aromatic heterocycles. The molecule has 0 amide bonds. The summed E-state index contributed by atoms with van der Waals surface area (Å²) in [6.45, 7) is 1.88. The van der Waals surface area contributed by atoms with E-state index < -0.39 is 21.8 Å². The average molecular weight is 461 g/mol. The van der Waals surface area contributed by atoms with Crippen molar-refractivity contribution in [2.75, 3.05) is 13.1 Å². The monoisotopic (exact) mass is 460 g/mol. The molecule has 3 aromatic carbocycles. The highest BCUT2D eigenvalue weighted by Crippen LogP contribution is 2.30. The number of benzene rings is 3. The van der Waals surface area contributed by atoms with Crippen molar-refractivity contribution >= 4 is 10.0 Å². The van der Waals surface area contributed by atoms with Crippen LogP contribution in [0.3, 0.4) is 0 Å². The predicted molar refractivity (Wildman–Crippen MR) is 117 cm³/mol. The van der Waals surface area contributed by atoms with Gasteiger partial charge in [-0.25, -0.2) is 13.1 Å². The van der Waals surface area contributed by atoms with E-state index in [1.807, 2.05) is 18.2 Å². The minimum absolute atomic E-state index is 0.349. The van der Waals surface area contributed by atoms with E-state index in [2.05, 4.69) is 46.0 Å². The second kappa shape index (κ2) is 9.05. The summed E-state index contributed by atoms with van der Waals surface area (Å²) in [6.07, 6.45) is -3.99. The molecule has 1 N–H and O–H groups in total. The molecule has 1 fully saturated rings. The van der Waals surface area contributed by atoms with Crippen molar-refractivity contribution in [3.05, 3.63) is 90.0 Å². The van der Waals surface area contributed by atoms with Crippen LogP contribution in [0.25, 0.3) is 11.1 Å². The summed E-state index contributed by atoms with van der Waals surface area (Å²) in [4.78, 5) is 1.76. The Morgan fingerprint density at radius 1 is 0.906 bits per heavy atom. The topological polar surface area (TPSA) is 49.4 Å². The molecule has 1 atom stereocenters. The Morgan fingerprint density at radius 3 is 2.28 bits per heavy atom. The maximum Gasteiger partial charge on any atom is 0.416 e. The van der Waals surface area contributed by atoms with Crippen molar-refractivity contribution in [1.29, 1.82) is 0 Å². The molecule has 3 aromatic rings. The lowest BCUT2D eigenvalue weighted by Gasteiger charge is -2.17. The van der Waals surface area contributed by atoms with Crippen molar-refractivity contribution < 1.29 is 21.6 Å². The number of likely N-dealkylation sites (tertiary alicyclic amines) is 1. The molecule has 1 aliphatic heterocycles. The molecule has 4 nitrogen and oxygen atoms in total. The number of halogens is 3. The summed E-state index contributed by atoms with van der Waals surface area (Å²) in [5.74, 6) is 0. The molecule has 0 radical (unpaired) electrons. The lowest BCUT2D eigenvalue weighted by atomic mass is 10.0. The molecule has 1 saturated heterocycles. The van der Waals surface area contributed by atoms with Gasteiger partial charge >= 0.3 is 6.18 Å². The number of hydrogen-bond donors (Lipinski definition) is 1. The van der Waals surface area contributed by atoms with E-state index in [1.54, 1.807) is 0 Å². The minimum Gasteiger partial charge on any atom is -0.297 e. The third kappa shape index (κ3) is 5.38. The van der Waals surface area contributed by atoms with Crippen molar-refractivity contribution in [3.63, 3.8) is 0 Å². The van der Waals surface area contributed by atoms with Gasteiger partial charge in [0.05, 0.1) is 10.5 Å². The fourth-order valence-electron chi connectivity index (χ4n) is 3.89. The predicted octanol–water partition coefficient (Wildman–Crippen LogP) is 4.93. The van der Waals surface area contributed by atoms with Gasteiger partial charge in [-0.1, -0.05) is 60.7 Å². The van der Waals surface area contributed by atoms with E-state index in [1.165, 1.54) is 6.07 Å². The standard InChI is InChI=1S/C24H23F3N2O2S/c25-24(26,27)21-7-4-8-23(15-21)32(30,31)28-22-13-14-29(17-22)16-18-9-11-20(12-10-18)19-5-2-1-3-6-19/h1-12,15,22,28H,13-14,16-17H2. The summed E-state index contributed by atoms with van der Waals surface area (Å²) in [5, 5.41) is 0. The van der Waals surface area contributed by atoms with Gasteiger partial charge in [-0.2, -0.15) is 13.2 Å². The third-order valence-electron chi connectivity index (χ3n) is 5.53. The minimum atomic E-state index is -4.59. The summed E-state index contributed by atoms with van der Waals surface area (Å²) >= 11 is 0. The Balaban J connectivity index is 1.37. The van der Waals surface area contributed by atoms with Crippen LogP contribution in [0.5, 0.6) is 0 Å². The van der Waals surface area contributed by atoms with E-state index in [9.17, 15) is 21.6 Å². The zero-order valence-corrected chi connectivity index (χ0v) is 18.0. The molecular formula is C24H23F3N2O2S. The van der Waals surface area contributed by atoms with Gasteiger partial charge in [-0.3, -0.25) is 4.90 Å². The smallest absolute Gasteiger partial charge is 0.297 e. The molecule has 0 bridgehead atoms. The number of sulfonamides is 1. The van der Waals surface area contributed by atoms with Gasteiger partial charge in [-0.15, -0.1) is 0 Å². The number of nitrogens with zero attached hydrogens (tertiary/aromatic N) is 1. The van der Waals surface area contributed by atoms with Crippen molar-refractivity contribution in [2.24, 2.45) is 0 Å². The highest BCUT2D eigenvalue weighted by atomic mass is 32.2. The van der Waals surface area contributed by atoms with E-state index >= 15 is 0 Å². The number of alkyl halides is 3. The maximum atomic E-state index is 12.9. The van der Waals surface area contributed by atoms with Crippen LogP contribution in [0.1, 0.15) is 17.5 Å². The molecule has 1 aliphatic rings. The van der Waals surface area contributed by atoms with Crippen LogP contribution in [0.15, 0.2) is 83.8 Å². The van der Waals surface area contributed by atoms with Crippen LogP contribution in [-0.2, 0) is 22.7 Å². The molecule has 0 aliphatic carbocycles. The van der Waals surface area contributed by atoms with Crippen molar-refractivity contribution in [1.82, 2.24) is 9.62 Å². The van der Waals surface area contributed by atoms with Gasteiger partial charge in [0, 0.05) is 25.7 Å². The van der Waals surface area contributed by atoms with Crippen molar-refractivity contribution in [2.45, 2.75) is 30.1 Å². The fraction of sp³-hybridized carbons (Fsp3) is 0.250. The van der Waals surface area contributed by atoms with Gasteiger partial charge in [0.25, 0.3) is 0 Å². The molecule has 4 rings (SSSR count). The zero-order chi connectivity index (χ0) is 22.8. The molecular weight excluding hydrogens is 437 g/mol. The zero-order valence-electron chi connectivity index (χ0n) is 17.2. The SMILES string of the molecule is O=S(=O)(NC1CCN(Cc2ccc(-c3ccccc3)cc2)C1)c1cccc(C(F)(F)F)c1. The van der Waals surface area contributed by atoms with E-state index in [0.717, 1.165) is 28.8 Å². The molecule has 1 unspecified atom stereocenters. The van der Waals surface area contributed by atoms with E-state index in [4.69, 9.17) is 0 Å². The average Bonchev–Trinajstić information content (AvgIpc) is 3.20. The molecule has 32 heavy (non-hydrogen) atoms. The summed E-state index contributed by atoms with van der Waals surface area (Å²) in [6, 6.07) is 21.8. The van der Waals surface area contributed by atoms with E-state index in [0.29, 0.717) is 32.1 Å². The highest BCUT2D eigenvalue weighted by molar-refractivity contribution is 7.89. The van der Waals surface area contributed by atoms with Gasteiger partial charge in [0.15, 0.2) is 0 Å². The maximum absolute atomic E-state index is 12.9. The number of hydrogen-bond acceptors (Lipinski definition) is 3. The quantitative estimate of drug-likeness (QED) is 0.568. The van der Waals surface area contributed by atoms with Crippen LogP contribution < -0.4 is 4.72 Å². The number of nitrogens with one attached hydrogen (secondary N) is 1. The Kier molecular flexibility index (Phi) is 6.37. The first-order valence-corrected chi connectivity index (χ1v) is 11.8. The largest absolute Gasteiger partial charge is 0.416 e. The van der Waals surface area contributed by atoms with Crippen LogP contribution in [-0.4, -0.2) is 32.4 Å². The van der Waals surface area contributed by atoms with Crippen LogP contribution in [0.4, 0.5) is 13.2 Å². The number of rotatable bonds is 6. The first kappa shape index (κ1) is 22.5. The first-order chi connectivity index (χ1) is 15.2. The van der Waals surface area contributed by atoms with Gasteiger partial charge < -0.3 is 0 Å². The second-order valence-electron chi connectivity index (χ2n) is 7.93. The van der Waals surface area contributed by atoms with E-state index in [-0.39, 0.29) is 10.9 Å². The molecule has 168 valence electrons. The van der Waals surface area contributed by atoms with Crippen LogP contribution >= 0.6 is 0 Å². The Bertz CT molecular complexity index is 1160.